The first-order valence-electron chi connectivity index (χ1n) is 5.64. The summed E-state index contributed by atoms with van der Waals surface area (Å²) in [6, 6.07) is 5.93. The van der Waals surface area contributed by atoms with Crippen molar-refractivity contribution in [1.82, 2.24) is 5.32 Å². The van der Waals surface area contributed by atoms with E-state index in [9.17, 15) is 17.2 Å². The number of furan rings is 1. The molecule has 2 rings (SSSR count). The van der Waals surface area contributed by atoms with E-state index in [1.165, 1.54) is 18.2 Å². The first-order valence-corrected chi connectivity index (χ1v) is 7.12. The molecule has 1 aromatic heterocycles. The zero-order valence-electron chi connectivity index (χ0n) is 10.5. The lowest BCUT2D eigenvalue weighted by Gasteiger charge is -2.07. The molecule has 0 unspecified atom stereocenters. The maximum absolute atomic E-state index is 13.4. The number of hydrogen-bond donors (Lipinski definition) is 2. The van der Waals surface area contributed by atoms with Gasteiger partial charge in [-0.2, -0.15) is 8.42 Å². The number of anilines is 1. The van der Waals surface area contributed by atoms with Gasteiger partial charge in [0.1, 0.15) is 5.76 Å². The summed E-state index contributed by atoms with van der Waals surface area (Å²) in [6.45, 7) is 0.351. The Kier molecular flexibility index (Phi) is 4.05. The van der Waals surface area contributed by atoms with Gasteiger partial charge in [0.2, 0.25) is 5.09 Å². The molecule has 2 aromatic rings. The largest absolute Gasteiger partial charge is 0.446 e. The zero-order valence-corrected chi connectivity index (χ0v) is 11.3. The molecule has 8 heteroatoms. The second-order valence-corrected chi connectivity index (χ2v) is 5.57. The Morgan fingerprint density at radius 3 is 2.65 bits per heavy atom. The van der Waals surface area contributed by atoms with Crippen LogP contribution in [0.2, 0.25) is 0 Å². The molecule has 0 saturated heterocycles. The van der Waals surface area contributed by atoms with Crippen molar-refractivity contribution in [2.75, 3.05) is 11.8 Å². The van der Waals surface area contributed by atoms with Crippen LogP contribution in [0.3, 0.4) is 0 Å². The smallest absolute Gasteiger partial charge is 0.295 e. The molecular weight excluding hydrogens is 290 g/mol. The van der Waals surface area contributed by atoms with Crippen molar-refractivity contribution in [3.05, 3.63) is 47.7 Å². The Morgan fingerprint density at radius 2 is 1.95 bits per heavy atom. The van der Waals surface area contributed by atoms with Gasteiger partial charge in [0.25, 0.3) is 10.0 Å². The summed E-state index contributed by atoms with van der Waals surface area (Å²) in [7, 11) is -2.42. The van der Waals surface area contributed by atoms with Gasteiger partial charge in [0, 0.05) is 0 Å². The van der Waals surface area contributed by atoms with Gasteiger partial charge in [0.15, 0.2) is 11.6 Å². The third-order valence-electron chi connectivity index (χ3n) is 2.45. The molecule has 2 N–H and O–H groups in total. The Balaban J connectivity index is 2.28. The molecule has 0 bridgehead atoms. The summed E-state index contributed by atoms with van der Waals surface area (Å²) in [4.78, 5) is 0. The zero-order chi connectivity index (χ0) is 14.8. The highest BCUT2D eigenvalue weighted by atomic mass is 32.2. The standard InChI is InChI=1S/C12H12F2N2O3S/c1-15-7-8-5-6-11(19-8)20(17,18)16-10-4-2-3-9(13)12(10)14/h2-6,15-16H,7H2,1H3. The quantitative estimate of drug-likeness (QED) is 0.887. The lowest BCUT2D eigenvalue weighted by atomic mass is 10.3. The van der Waals surface area contributed by atoms with Gasteiger partial charge in [0.05, 0.1) is 12.2 Å². The van der Waals surface area contributed by atoms with E-state index in [0.29, 0.717) is 12.3 Å². The second-order valence-electron chi connectivity index (χ2n) is 3.96. The van der Waals surface area contributed by atoms with Crippen molar-refractivity contribution >= 4 is 15.7 Å². The molecule has 20 heavy (non-hydrogen) atoms. The molecular formula is C12H12F2N2O3S. The van der Waals surface area contributed by atoms with Crippen molar-refractivity contribution in [3.63, 3.8) is 0 Å². The molecule has 1 aromatic carbocycles. The molecule has 0 spiro atoms. The van der Waals surface area contributed by atoms with Crippen LogP contribution < -0.4 is 10.0 Å². The van der Waals surface area contributed by atoms with Crippen LogP contribution in [0.15, 0.2) is 39.8 Å². The van der Waals surface area contributed by atoms with Gasteiger partial charge in [-0.15, -0.1) is 0 Å². The number of sulfonamides is 1. The summed E-state index contributed by atoms with van der Waals surface area (Å²) in [5.74, 6) is -1.99. The van der Waals surface area contributed by atoms with Crippen LogP contribution in [0.25, 0.3) is 0 Å². The molecule has 0 radical (unpaired) electrons. The maximum Gasteiger partial charge on any atom is 0.295 e. The highest BCUT2D eigenvalue weighted by Crippen LogP contribution is 2.22. The van der Waals surface area contributed by atoms with Gasteiger partial charge in [-0.25, -0.2) is 8.78 Å². The summed E-state index contributed by atoms with van der Waals surface area (Å²) in [5, 5.41) is 2.43. The Labute approximate surface area is 114 Å². The number of benzene rings is 1. The maximum atomic E-state index is 13.4. The van der Waals surface area contributed by atoms with Crippen molar-refractivity contribution in [2.24, 2.45) is 0 Å². The molecule has 0 aliphatic heterocycles. The lowest BCUT2D eigenvalue weighted by molar-refractivity contribution is 0.408. The minimum Gasteiger partial charge on any atom is -0.446 e. The lowest BCUT2D eigenvalue weighted by Crippen LogP contribution is -2.13. The normalized spacial score (nSPS) is 11.6. The molecule has 0 atom stereocenters. The summed E-state index contributed by atoms with van der Waals surface area (Å²) in [5.41, 5.74) is -0.475. The fourth-order valence-electron chi connectivity index (χ4n) is 1.55. The SMILES string of the molecule is CNCc1ccc(S(=O)(=O)Nc2cccc(F)c2F)o1. The fraction of sp³-hybridized carbons (Fsp3) is 0.167. The van der Waals surface area contributed by atoms with Crippen molar-refractivity contribution in [3.8, 4) is 0 Å². The van der Waals surface area contributed by atoms with E-state index in [4.69, 9.17) is 4.42 Å². The monoisotopic (exact) mass is 302 g/mol. The average molecular weight is 302 g/mol. The molecule has 0 aliphatic carbocycles. The van der Waals surface area contributed by atoms with Crippen LogP contribution in [-0.2, 0) is 16.6 Å². The van der Waals surface area contributed by atoms with Crippen molar-refractivity contribution in [2.45, 2.75) is 11.6 Å². The van der Waals surface area contributed by atoms with Crippen molar-refractivity contribution < 1.29 is 21.6 Å². The van der Waals surface area contributed by atoms with E-state index in [1.54, 1.807) is 7.05 Å². The van der Waals surface area contributed by atoms with Crippen LogP contribution in [0.1, 0.15) is 5.76 Å². The molecule has 0 saturated carbocycles. The minimum absolute atomic E-state index is 0.351. The third-order valence-corrected chi connectivity index (χ3v) is 3.69. The summed E-state index contributed by atoms with van der Waals surface area (Å²) >= 11 is 0. The van der Waals surface area contributed by atoms with E-state index in [-0.39, 0.29) is 5.09 Å². The molecule has 1 heterocycles. The third kappa shape index (κ3) is 2.97. The van der Waals surface area contributed by atoms with Gasteiger partial charge in [-0.3, -0.25) is 4.72 Å². The van der Waals surface area contributed by atoms with Crippen LogP contribution in [0.5, 0.6) is 0 Å². The Bertz CT molecular complexity index is 713. The van der Waals surface area contributed by atoms with E-state index >= 15 is 0 Å². The molecule has 108 valence electrons. The van der Waals surface area contributed by atoms with Gasteiger partial charge in [-0.1, -0.05) is 6.07 Å². The topological polar surface area (TPSA) is 71.3 Å². The fourth-order valence-corrected chi connectivity index (χ4v) is 2.56. The van der Waals surface area contributed by atoms with Crippen LogP contribution >= 0.6 is 0 Å². The molecule has 0 amide bonds. The van der Waals surface area contributed by atoms with Crippen LogP contribution in [0, 0.1) is 11.6 Å². The Morgan fingerprint density at radius 1 is 1.20 bits per heavy atom. The molecule has 0 fully saturated rings. The average Bonchev–Trinajstić information content (AvgIpc) is 2.85. The second kappa shape index (κ2) is 5.59. The number of halogens is 2. The van der Waals surface area contributed by atoms with Crippen LogP contribution in [-0.4, -0.2) is 15.5 Å². The first-order chi connectivity index (χ1) is 9.44. The Hall–Kier alpha value is -1.93. The van der Waals surface area contributed by atoms with Crippen molar-refractivity contribution in [1.29, 1.82) is 0 Å². The van der Waals surface area contributed by atoms with E-state index in [0.717, 1.165) is 12.1 Å². The van der Waals surface area contributed by atoms with Gasteiger partial charge < -0.3 is 9.73 Å². The van der Waals surface area contributed by atoms with Crippen LogP contribution in [0.4, 0.5) is 14.5 Å². The highest BCUT2D eigenvalue weighted by Gasteiger charge is 2.21. The number of nitrogens with one attached hydrogen (secondary N) is 2. The predicted octanol–water partition coefficient (Wildman–Crippen LogP) is 2.08. The minimum atomic E-state index is -4.10. The summed E-state index contributed by atoms with van der Waals surface area (Å²) in [6.07, 6.45) is 0. The van der Waals surface area contributed by atoms with E-state index in [2.05, 4.69) is 5.32 Å². The predicted molar refractivity (Wildman–Crippen MR) is 68.6 cm³/mol. The summed E-state index contributed by atoms with van der Waals surface area (Å²) < 4.78 is 57.4. The van der Waals surface area contributed by atoms with E-state index in [1.807, 2.05) is 4.72 Å². The molecule has 5 nitrogen and oxygen atoms in total. The highest BCUT2D eigenvalue weighted by molar-refractivity contribution is 7.92. The van der Waals surface area contributed by atoms with Gasteiger partial charge in [-0.05, 0) is 31.3 Å². The first kappa shape index (κ1) is 14.5. The van der Waals surface area contributed by atoms with Gasteiger partial charge >= 0.3 is 0 Å². The molecule has 0 aliphatic rings. The number of rotatable bonds is 5. The number of hydrogen-bond acceptors (Lipinski definition) is 4. The van der Waals surface area contributed by atoms with E-state index < -0.39 is 27.3 Å².